The Hall–Kier alpha value is -1.32. The van der Waals surface area contributed by atoms with E-state index in [0.29, 0.717) is 23.7 Å². The Morgan fingerprint density at radius 3 is 0.729 bits per heavy atom. The number of rotatable bonds is 7. The second kappa shape index (κ2) is 40.1. The van der Waals surface area contributed by atoms with Gasteiger partial charge in [0.1, 0.15) is 0 Å². The van der Waals surface area contributed by atoms with Gasteiger partial charge in [-0.15, -0.1) is 138 Å². The first kappa shape index (κ1) is 68.7. The van der Waals surface area contributed by atoms with Gasteiger partial charge in [-0.2, -0.15) is 37.1 Å². The fraction of sp³-hybridized carbons (Fsp3) is 0.387. The molecule has 0 aromatic heterocycles. The van der Waals surface area contributed by atoms with Crippen LogP contribution in [-0.4, -0.2) is 20.5 Å². The molecule has 0 spiro atoms. The molecule has 0 unspecified atom stereocenters. The number of aryl methyl sites for hydroxylation is 4. The van der Waals surface area contributed by atoms with Crippen LogP contribution < -0.4 is 0 Å². The Balaban J connectivity index is 0.000000814. The molecule has 0 fully saturated rings. The van der Waals surface area contributed by atoms with Crippen molar-refractivity contribution in [1.29, 1.82) is 0 Å². The summed E-state index contributed by atoms with van der Waals surface area (Å²) in [6.07, 6.45) is 4.61. The van der Waals surface area contributed by atoms with Gasteiger partial charge in [0, 0.05) is 20.5 Å². The topological polar surface area (TPSA) is 0 Å². The Bertz CT molecular complexity index is 2190. The SMILES string of the molecule is CC[Si].CC[Si].Cc1cc2c(C(C)C)cccc2[cH-]1.Cc1cc2c(C(C)C)cccc2[cH-]1.Cc1cc2c(C(C)C)cccc2[cH-]1.Cc1cc2c(C(C)C)cccc2[cH-]1.[CH2-]CCCC[CH2-].[Cl][Zr][Cl].[Cl][Zr][Cl]. The molecule has 0 bridgehead atoms. The maximum atomic E-state index is 4.93. The van der Waals surface area contributed by atoms with Crippen molar-refractivity contribution in [3.05, 3.63) is 180 Å². The summed E-state index contributed by atoms with van der Waals surface area (Å²) < 4.78 is 0. The molecule has 70 heavy (non-hydrogen) atoms. The van der Waals surface area contributed by atoms with Crippen molar-refractivity contribution in [3.63, 3.8) is 0 Å². The molecule has 8 rings (SSSR count). The molecule has 8 aromatic carbocycles. The monoisotopic (exact) mass is 1200 g/mol. The first-order valence-electron chi connectivity index (χ1n) is 24.7. The van der Waals surface area contributed by atoms with E-state index in [9.17, 15) is 0 Å². The molecule has 0 nitrogen and oxygen atoms in total. The van der Waals surface area contributed by atoms with Crippen LogP contribution in [0.4, 0.5) is 0 Å². The molecule has 0 saturated carbocycles. The second-order valence-electron chi connectivity index (χ2n) is 18.4. The van der Waals surface area contributed by atoms with Crippen LogP contribution in [0.3, 0.4) is 0 Å². The van der Waals surface area contributed by atoms with E-state index in [4.69, 9.17) is 34.1 Å². The predicted molar refractivity (Wildman–Crippen MR) is 319 cm³/mol. The molecular weight excluding hydrogens is 1130 g/mol. The molecule has 0 saturated heterocycles. The molecule has 0 aliphatic heterocycles. The molecular formula is C62H82Cl4Si2Zr2-6. The van der Waals surface area contributed by atoms with E-state index in [-0.39, 0.29) is 0 Å². The number of halogens is 4. The van der Waals surface area contributed by atoms with Crippen LogP contribution in [0.15, 0.2) is 121 Å². The van der Waals surface area contributed by atoms with E-state index in [0.717, 1.165) is 24.9 Å². The molecule has 380 valence electrons. The summed E-state index contributed by atoms with van der Waals surface area (Å²) in [4.78, 5) is 0. The third-order valence-corrected chi connectivity index (χ3v) is 11.0. The van der Waals surface area contributed by atoms with Crippen LogP contribution in [0.2, 0.25) is 12.1 Å². The molecule has 0 atom stereocenters. The van der Waals surface area contributed by atoms with E-state index >= 15 is 0 Å². The first-order chi connectivity index (χ1) is 33.3. The third-order valence-electron chi connectivity index (χ3n) is 11.0. The Morgan fingerprint density at radius 1 is 0.414 bits per heavy atom. The number of hydrogen-bond acceptors (Lipinski definition) is 0. The van der Waals surface area contributed by atoms with Gasteiger partial charge in [-0.05, 0) is 23.7 Å². The van der Waals surface area contributed by atoms with Gasteiger partial charge in [0.2, 0.25) is 0 Å². The summed E-state index contributed by atoms with van der Waals surface area (Å²) in [7, 11) is 26.1. The van der Waals surface area contributed by atoms with Crippen LogP contribution >= 0.6 is 34.1 Å². The van der Waals surface area contributed by atoms with Crippen molar-refractivity contribution < 1.29 is 41.7 Å². The van der Waals surface area contributed by atoms with Crippen LogP contribution in [0.5, 0.6) is 0 Å². The zero-order chi connectivity index (χ0) is 53.3. The molecule has 0 heterocycles. The van der Waals surface area contributed by atoms with Crippen LogP contribution in [0.1, 0.15) is 163 Å². The summed E-state index contributed by atoms with van der Waals surface area (Å²) in [5, 5.41) is 11.2. The van der Waals surface area contributed by atoms with Gasteiger partial charge in [0.25, 0.3) is 0 Å². The Morgan fingerprint density at radius 2 is 0.586 bits per heavy atom. The summed E-state index contributed by atoms with van der Waals surface area (Å²) in [5.74, 6) is 2.46. The predicted octanol–water partition coefficient (Wildman–Crippen LogP) is 22.1. The van der Waals surface area contributed by atoms with Gasteiger partial charge >= 0.3 is 75.7 Å². The van der Waals surface area contributed by atoms with E-state index < -0.39 is 41.7 Å². The second-order valence-corrected chi connectivity index (χ2v) is 27.3. The Kier molecular flexibility index (Phi) is 39.3. The van der Waals surface area contributed by atoms with Gasteiger partial charge in [-0.1, -0.05) is 168 Å². The van der Waals surface area contributed by atoms with Crippen molar-refractivity contribution in [2.45, 2.75) is 158 Å². The average molecular weight is 1210 g/mol. The van der Waals surface area contributed by atoms with Crippen molar-refractivity contribution >= 4 is 97.6 Å². The van der Waals surface area contributed by atoms with Gasteiger partial charge in [0.05, 0.1) is 0 Å². The van der Waals surface area contributed by atoms with E-state index in [2.05, 4.69) is 239 Å². The van der Waals surface area contributed by atoms with Gasteiger partial charge in [-0.25, -0.2) is 0 Å². The standard InChI is InChI=1S/4C13H15.C6H12.2C2H5Si.4ClH.2Zr/c4*1-9(2)12-6-4-5-11-7-10(3)8-13(11)12;1-3-5-6-4-2;2*1-2-3;;;;;;/h4*4-9H,1-3H3;1-6H2;2*2H2,1H3;4*1H;;/q4*-1;-2;;;;;;;2*+2/p-4. The fourth-order valence-electron chi connectivity index (χ4n) is 8.00. The van der Waals surface area contributed by atoms with Gasteiger partial charge in [-0.3, -0.25) is 0 Å². The zero-order valence-corrected chi connectivity index (χ0v) is 55.0. The van der Waals surface area contributed by atoms with E-state index in [1.165, 1.54) is 100 Å². The molecule has 8 heteroatoms. The fourth-order valence-corrected chi connectivity index (χ4v) is 8.00. The summed E-state index contributed by atoms with van der Waals surface area (Å²) in [6, 6.07) is 46.5. The number of benzene rings is 4. The minimum absolute atomic E-state index is 0.616. The molecule has 0 aliphatic rings. The summed E-state index contributed by atoms with van der Waals surface area (Å²) >= 11 is -1.65. The molecule has 0 amide bonds. The van der Waals surface area contributed by atoms with Crippen molar-refractivity contribution in [2.75, 3.05) is 0 Å². The number of fused-ring (bicyclic) bond motifs is 4. The van der Waals surface area contributed by atoms with E-state index in [1.807, 2.05) is 13.8 Å². The number of unbranched alkanes of at least 4 members (excludes halogenated alkanes) is 3. The number of hydrogen-bond donors (Lipinski definition) is 0. The molecule has 0 aliphatic carbocycles. The van der Waals surface area contributed by atoms with Crippen LogP contribution in [-0.2, 0) is 41.7 Å². The zero-order valence-electron chi connectivity index (χ0n) is 45.0. The summed E-state index contributed by atoms with van der Waals surface area (Å²) in [5.41, 5.74) is 11.3. The summed E-state index contributed by atoms with van der Waals surface area (Å²) in [6.45, 7) is 38.1. The first-order valence-corrected chi connectivity index (χ1v) is 38.8. The minimum atomic E-state index is -0.826. The Labute approximate surface area is 472 Å². The van der Waals surface area contributed by atoms with Crippen LogP contribution in [0.25, 0.3) is 43.1 Å². The molecule has 0 N–H and O–H groups in total. The van der Waals surface area contributed by atoms with Crippen molar-refractivity contribution in [2.24, 2.45) is 0 Å². The third kappa shape index (κ3) is 25.8. The average Bonchev–Trinajstić information content (AvgIpc) is 4.09. The molecule has 8 aromatic rings. The molecule has 6 radical (unpaired) electrons. The van der Waals surface area contributed by atoms with Crippen molar-refractivity contribution in [1.82, 2.24) is 0 Å². The quantitative estimate of drug-likeness (QED) is 0.0848. The normalized spacial score (nSPS) is 10.1. The van der Waals surface area contributed by atoms with Gasteiger partial charge in [0.15, 0.2) is 0 Å². The maximum absolute atomic E-state index is 4.93. The van der Waals surface area contributed by atoms with Crippen molar-refractivity contribution in [3.8, 4) is 0 Å². The van der Waals surface area contributed by atoms with E-state index in [1.54, 1.807) is 0 Å². The van der Waals surface area contributed by atoms with Crippen LogP contribution in [0, 0.1) is 41.5 Å². The van der Waals surface area contributed by atoms with Gasteiger partial charge < -0.3 is 13.8 Å².